The van der Waals surface area contributed by atoms with Gasteiger partial charge in [0.15, 0.2) is 11.5 Å². The van der Waals surface area contributed by atoms with Gasteiger partial charge in [-0.15, -0.1) is 0 Å². The number of para-hydroxylation sites is 1. The van der Waals surface area contributed by atoms with Crippen molar-refractivity contribution in [1.29, 1.82) is 0 Å². The van der Waals surface area contributed by atoms with E-state index in [1.807, 2.05) is 12.1 Å². The van der Waals surface area contributed by atoms with Crippen LogP contribution in [-0.4, -0.2) is 18.8 Å². The second-order valence-corrected chi connectivity index (χ2v) is 7.27. The van der Waals surface area contributed by atoms with Gasteiger partial charge >= 0.3 is 0 Å². The first-order chi connectivity index (χ1) is 12.0. The first-order valence-corrected chi connectivity index (χ1v) is 8.81. The summed E-state index contributed by atoms with van der Waals surface area (Å²) in [6.45, 7) is 9.63. The Labute approximate surface area is 150 Å². The zero-order valence-corrected chi connectivity index (χ0v) is 15.3. The van der Waals surface area contributed by atoms with Crippen molar-refractivity contribution in [2.75, 3.05) is 13.2 Å². The maximum Gasteiger partial charge on any atom is 0.165 e. The molecule has 0 aliphatic carbocycles. The monoisotopic (exact) mass is 341 g/mol. The fourth-order valence-electron chi connectivity index (χ4n) is 2.74. The number of nitrogens with one attached hydrogen (secondary N) is 1. The van der Waals surface area contributed by atoms with Crippen LogP contribution >= 0.6 is 0 Å². The summed E-state index contributed by atoms with van der Waals surface area (Å²) in [5, 5.41) is 3.49. The SMILES string of the molecule is CC(C)(C)OCc1cccc(CNCc2cccc3c2OCCO3)c1. The van der Waals surface area contributed by atoms with E-state index in [1.54, 1.807) is 0 Å². The lowest BCUT2D eigenvalue weighted by Gasteiger charge is -2.21. The Bertz CT molecular complexity index is 707. The molecule has 25 heavy (non-hydrogen) atoms. The molecule has 2 aromatic rings. The fraction of sp³-hybridized carbons (Fsp3) is 0.429. The molecule has 0 aromatic heterocycles. The molecule has 0 fully saturated rings. The minimum absolute atomic E-state index is 0.122. The average Bonchev–Trinajstić information content (AvgIpc) is 2.60. The van der Waals surface area contributed by atoms with Gasteiger partial charge < -0.3 is 19.5 Å². The van der Waals surface area contributed by atoms with Crippen LogP contribution in [0.25, 0.3) is 0 Å². The van der Waals surface area contributed by atoms with Crippen LogP contribution in [0.5, 0.6) is 11.5 Å². The fourth-order valence-corrected chi connectivity index (χ4v) is 2.74. The van der Waals surface area contributed by atoms with Gasteiger partial charge in [0.1, 0.15) is 13.2 Å². The minimum atomic E-state index is -0.122. The van der Waals surface area contributed by atoms with Crippen molar-refractivity contribution in [2.24, 2.45) is 0 Å². The molecule has 3 rings (SSSR count). The van der Waals surface area contributed by atoms with Crippen LogP contribution < -0.4 is 14.8 Å². The standard InChI is InChI=1S/C21H27NO3/c1-21(2,3)25-15-17-7-4-6-16(12-17)13-22-14-18-8-5-9-19-20(18)24-11-10-23-19/h4-9,12,22H,10-11,13-15H2,1-3H3. The van der Waals surface area contributed by atoms with E-state index >= 15 is 0 Å². The second kappa shape index (κ2) is 7.89. The summed E-state index contributed by atoms with van der Waals surface area (Å²) in [7, 11) is 0. The smallest absolute Gasteiger partial charge is 0.165 e. The predicted octanol–water partition coefficient (Wildman–Crippen LogP) is 4.06. The summed E-state index contributed by atoms with van der Waals surface area (Å²) in [6.07, 6.45) is 0. The largest absolute Gasteiger partial charge is 0.486 e. The van der Waals surface area contributed by atoms with Crippen molar-refractivity contribution in [3.8, 4) is 11.5 Å². The van der Waals surface area contributed by atoms with E-state index in [-0.39, 0.29) is 5.60 Å². The van der Waals surface area contributed by atoms with Crippen LogP contribution in [-0.2, 0) is 24.4 Å². The second-order valence-electron chi connectivity index (χ2n) is 7.27. The van der Waals surface area contributed by atoms with Crippen molar-refractivity contribution in [1.82, 2.24) is 5.32 Å². The molecule has 0 amide bonds. The lowest BCUT2D eigenvalue weighted by atomic mass is 10.1. The molecule has 0 bridgehead atoms. The van der Waals surface area contributed by atoms with Gasteiger partial charge in [-0.2, -0.15) is 0 Å². The van der Waals surface area contributed by atoms with Crippen LogP contribution in [0.2, 0.25) is 0 Å². The third-order valence-electron chi connectivity index (χ3n) is 3.96. The summed E-state index contributed by atoms with van der Waals surface area (Å²) < 4.78 is 17.2. The van der Waals surface area contributed by atoms with Crippen LogP contribution in [0.4, 0.5) is 0 Å². The Morgan fingerprint density at radius 1 is 0.960 bits per heavy atom. The summed E-state index contributed by atoms with van der Waals surface area (Å²) in [5.41, 5.74) is 3.45. The van der Waals surface area contributed by atoms with Crippen LogP contribution in [0, 0.1) is 0 Å². The molecule has 134 valence electrons. The van der Waals surface area contributed by atoms with Gasteiger partial charge in [0.25, 0.3) is 0 Å². The molecule has 1 aliphatic rings. The Morgan fingerprint density at radius 3 is 2.56 bits per heavy atom. The Balaban J connectivity index is 1.56. The molecule has 1 N–H and O–H groups in total. The lowest BCUT2D eigenvalue weighted by molar-refractivity contribution is -0.0149. The molecule has 1 aliphatic heterocycles. The van der Waals surface area contributed by atoms with E-state index in [1.165, 1.54) is 11.1 Å². The van der Waals surface area contributed by atoms with Crippen molar-refractivity contribution in [3.05, 3.63) is 59.2 Å². The molecular weight excluding hydrogens is 314 g/mol. The molecule has 0 saturated heterocycles. The number of hydrogen-bond donors (Lipinski definition) is 1. The number of hydrogen-bond acceptors (Lipinski definition) is 4. The van der Waals surface area contributed by atoms with Crippen LogP contribution in [0.3, 0.4) is 0 Å². The zero-order chi connectivity index (χ0) is 17.7. The topological polar surface area (TPSA) is 39.7 Å². The quantitative estimate of drug-likeness (QED) is 0.860. The minimum Gasteiger partial charge on any atom is -0.486 e. The third-order valence-corrected chi connectivity index (χ3v) is 3.96. The molecule has 0 spiro atoms. The Hall–Kier alpha value is -2.04. The van der Waals surface area contributed by atoms with E-state index in [0.717, 1.165) is 30.2 Å². The predicted molar refractivity (Wildman–Crippen MR) is 99.0 cm³/mol. The maximum absolute atomic E-state index is 5.86. The highest BCUT2D eigenvalue weighted by Gasteiger charge is 2.15. The highest BCUT2D eigenvalue weighted by molar-refractivity contribution is 5.47. The number of ether oxygens (including phenoxy) is 3. The summed E-state index contributed by atoms with van der Waals surface area (Å²) in [4.78, 5) is 0. The summed E-state index contributed by atoms with van der Waals surface area (Å²) >= 11 is 0. The molecule has 0 atom stereocenters. The average molecular weight is 341 g/mol. The first-order valence-electron chi connectivity index (χ1n) is 8.81. The van der Waals surface area contributed by atoms with Crippen molar-refractivity contribution < 1.29 is 14.2 Å². The Kier molecular flexibility index (Phi) is 5.61. The normalized spacial score (nSPS) is 13.7. The molecule has 1 heterocycles. The van der Waals surface area contributed by atoms with E-state index in [9.17, 15) is 0 Å². The Morgan fingerprint density at radius 2 is 1.72 bits per heavy atom. The van der Waals surface area contributed by atoms with Gasteiger partial charge in [0.05, 0.1) is 12.2 Å². The molecule has 4 nitrogen and oxygen atoms in total. The lowest BCUT2D eigenvalue weighted by Crippen LogP contribution is -2.19. The maximum atomic E-state index is 5.86. The summed E-state index contributed by atoms with van der Waals surface area (Å²) in [6, 6.07) is 14.6. The van der Waals surface area contributed by atoms with Gasteiger partial charge in [0, 0.05) is 18.7 Å². The molecule has 0 saturated carbocycles. The summed E-state index contributed by atoms with van der Waals surface area (Å²) in [5.74, 6) is 1.71. The van der Waals surface area contributed by atoms with Gasteiger partial charge in [-0.1, -0.05) is 36.4 Å². The van der Waals surface area contributed by atoms with Gasteiger partial charge in [-0.05, 0) is 38.0 Å². The van der Waals surface area contributed by atoms with Crippen LogP contribution in [0.15, 0.2) is 42.5 Å². The molecular formula is C21H27NO3. The highest BCUT2D eigenvalue weighted by atomic mass is 16.6. The molecule has 4 heteroatoms. The number of benzene rings is 2. The molecule has 0 radical (unpaired) electrons. The highest BCUT2D eigenvalue weighted by Crippen LogP contribution is 2.33. The first kappa shape index (κ1) is 17.8. The van der Waals surface area contributed by atoms with E-state index in [0.29, 0.717) is 19.8 Å². The van der Waals surface area contributed by atoms with Gasteiger partial charge in [0.2, 0.25) is 0 Å². The van der Waals surface area contributed by atoms with E-state index in [4.69, 9.17) is 14.2 Å². The van der Waals surface area contributed by atoms with Crippen molar-refractivity contribution in [3.63, 3.8) is 0 Å². The third kappa shape index (κ3) is 5.21. The zero-order valence-electron chi connectivity index (χ0n) is 15.3. The van der Waals surface area contributed by atoms with E-state index < -0.39 is 0 Å². The molecule has 0 unspecified atom stereocenters. The molecule has 2 aromatic carbocycles. The number of rotatable bonds is 6. The van der Waals surface area contributed by atoms with Crippen molar-refractivity contribution >= 4 is 0 Å². The number of fused-ring (bicyclic) bond motifs is 1. The van der Waals surface area contributed by atoms with Crippen molar-refractivity contribution in [2.45, 2.75) is 46.1 Å². The van der Waals surface area contributed by atoms with E-state index in [2.05, 4.69) is 56.4 Å². The van der Waals surface area contributed by atoms with Gasteiger partial charge in [-0.3, -0.25) is 0 Å². The van der Waals surface area contributed by atoms with Crippen LogP contribution in [0.1, 0.15) is 37.5 Å². The van der Waals surface area contributed by atoms with Gasteiger partial charge in [-0.25, -0.2) is 0 Å².